The Labute approximate surface area is 136 Å². The summed E-state index contributed by atoms with van der Waals surface area (Å²) in [5.74, 6) is -1.15. The summed E-state index contributed by atoms with van der Waals surface area (Å²) < 4.78 is 27.8. The van der Waals surface area contributed by atoms with Crippen molar-refractivity contribution < 1.29 is 18.3 Å². The van der Waals surface area contributed by atoms with Crippen LogP contribution in [0.1, 0.15) is 34.0 Å². The molecule has 0 aliphatic rings. The van der Waals surface area contributed by atoms with Gasteiger partial charge in [-0.25, -0.2) is 13.2 Å². The third-order valence-corrected chi connectivity index (χ3v) is 5.07. The first-order chi connectivity index (χ1) is 10.8. The van der Waals surface area contributed by atoms with E-state index in [1.807, 2.05) is 32.0 Å². The molecule has 0 saturated heterocycles. The number of carboxylic acids is 1. The number of aromatic carboxylic acids is 1. The smallest absolute Gasteiger partial charge is 0.335 e. The second-order valence-electron chi connectivity index (χ2n) is 5.35. The Balaban J connectivity index is 2.49. The van der Waals surface area contributed by atoms with E-state index in [0.29, 0.717) is 17.7 Å². The van der Waals surface area contributed by atoms with E-state index in [1.165, 1.54) is 18.2 Å². The number of anilines is 1. The van der Waals surface area contributed by atoms with E-state index in [9.17, 15) is 13.2 Å². The summed E-state index contributed by atoms with van der Waals surface area (Å²) in [6.07, 6.45) is 0.688. The molecule has 0 aliphatic heterocycles. The van der Waals surface area contributed by atoms with Crippen LogP contribution in [0.5, 0.6) is 0 Å². The molecule has 0 atom stereocenters. The van der Waals surface area contributed by atoms with Crippen LogP contribution in [0.15, 0.2) is 41.3 Å². The van der Waals surface area contributed by atoms with Crippen LogP contribution in [-0.2, 0) is 16.4 Å². The molecule has 5 nitrogen and oxygen atoms in total. The third-order valence-electron chi connectivity index (χ3n) is 3.73. The van der Waals surface area contributed by atoms with Crippen molar-refractivity contribution in [2.45, 2.75) is 32.1 Å². The molecule has 0 fully saturated rings. The highest BCUT2D eigenvalue weighted by molar-refractivity contribution is 7.92. The van der Waals surface area contributed by atoms with Crippen molar-refractivity contribution in [3.63, 3.8) is 0 Å². The van der Waals surface area contributed by atoms with E-state index < -0.39 is 16.0 Å². The van der Waals surface area contributed by atoms with Gasteiger partial charge in [0.15, 0.2) is 0 Å². The first kappa shape index (κ1) is 17.0. The monoisotopic (exact) mass is 333 g/mol. The van der Waals surface area contributed by atoms with Crippen molar-refractivity contribution in [2.24, 2.45) is 0 Å². The Kier molecular flexibility index (Phi) is 4.75. The summed E-state index contributed by atoms with van der Waals surface area (Å²) in [6.45, 7) is 5.40. The van der Waals surface area contributed by atoms with Crippen molar-refractivity contribution in [1.82, 2.24) is 0 Å². The minimum Gasteiger partial charge on any atom is -0.478 e. The lowest BCUT2D eigenvalue weighted by atomic mass is 10.1. The number of para-hydroxylation sites is 1. The fourth-order valence-corrected chi connectivity index (χ4v) is 3.56. The minimum absolute atomic E-state index is 0.0200. The molecule has 2 N–H and O–H groups in total. The highest BCUT2D eigenvalue weighted by atomic mass is 32.2. The third kappa shape index (κ3) is 3.53. The van der Waals surface area contributed by atoms with Crippen LogP contribution in [0.25, 0.3) is 0 Å². The van der Waals surface area contributed by atoms with Gasteiger partial charge in [-0.1, -0.05) is 31.2 Å². The predicted molar refractivity (Wildman–Crippen MR) is 89.5 cm³/mol. The molecule has 0 saturated carbocycles. The molecule has 0 aromatic heterocycles. The topological polar surface area (TPSA) is 83.5 Å². The van der Waals surface area contributed by atoms with Gasteiger partial charge in [-0.3, -0.25) is 4.72 Å². The van der Waals surface area contributed by atoms with Crippen molar-refractivity contribution in [3.8, 4) is 0 Å². The summed E-state index contributed by atoms with van der Waals surface area (Å²) in [5, 5.41) is 9.16. The van der Waals surface area contributed by atoms with E-state index in [2.05, 4.69) is 4.72 Å². The molecule has 0 spiro atoms. The number of carboxylic acid groups (broad SMARTS) is 1. The first-order valence-corrected chi connectivity index (χ1v) is 8.70. The van der Waals surface area contributed by atoms with Gasteiger partial charge in [-0.2, -0.15) is 0 Å². The van der Waals surface area contributed by atoms with Crippen LogP contribution in [0.2, 0.25) is 0 Å². The van der Waals surface area contributed by atoms with Gasteiger partial charge in [0.05, 0.1) is 16.1 Å². The molecule has 6 heteroatoms. The van der Waals surface area contributed by atoms with Crippen LogP contribution >= 0.6 is 0 Å². The number of hydrogen-bond acceptors (Lipinski definition) is 3. The van der Waals surface area contributed by atoms with Crippen LogP contribution in [-0.4, -0.2) is 19.5 Å². The number of carbonyl (C=O) groups is 1. The maximum absolute atomic E-state index is 12.6. The quantitative estimate of drug-likeness (QED) is 0.879. The second kappa shape index (κ2) is 6.42. The maximum atomic E-state index is 12.6. The number of benzene rings is 2. The summed E-state index contributed by atoms with van der Waals surface area (Å²) >= 11 is 0. The molecule has 23 heavy (non-hydrogen) atoms. The van der Waals surface area contributed by atoms with Gasteiger partial charge in [0, 0.05) is 0 Å². The van der Waals surface area contributed by atoms with E-state index in [4.69, 9.17) is 5.11 Å². The van der Waals surface area contributed by atoms with Gasteiger partial charge in [-0.15, -0.1) is 0 Å². The summed E-state index contributed by atoms with van der Waals surface area (Å²) in [4.78, 5) is 11.1. The van der Waals surface area contributed by atoms with Crippen molar-refractivity contribution in [3.05, 3.63) is 58.7 Å². The van der Waals surface area contributed by atoms with E-state index >= 15 is 0 Å². The van der Waals surface area contributed by atoms with E-state index in [-0.39, 0.29) is 10.5 Å². The van der Waals surface area contributed by atoms with E-state index in [0.717, 1.165) is 11.1 Å². The van der Waals surface area contributed by atoms with Gasteiger partial charge < -0.3 is 5.11 Å². The second-order valence-corrected chi connectivity index (χ2v) is 7.03. The zero-order valence-corrected chi connectivity index (χ0v) is 14.1. The lowest BCUT2D eigenvalue weighted by molar-refractivity contribution is 0.0696. The molecule has 2 aromatic rings. The Morgan fingerprint density at radius 1 is 1.13 bits per heavy atom. The largest absolute Gasteiger partial charge is 0.478 e. The Morgan fingerprint density at radius 2 is 1.83 bits per heavy atom. The number of sulfonamides is 1. The molecule has 2 rings (SSSR count). The molecule has 0 heterocycles. The summed E-state index contributed by atoms with van der Waals surface area (Å²) in [6, 6.07) is 9.66. The fraction of sp³-hybridized carbons (Fsp3) is 0.235. The lowest BCUT2D eigenvalue weighted by Crippen LogP contribution is -2.16. The fourth-order valence-electron chi connectivity index (χ4n) is 2.36. The highest BCUT2D eigenvalue weighted by Gasteiger charge is 2.19. The Bertz CT molecular complexity index is 857. The van der Waals surface area contributed by atoms with Crippen molar-refractivity contribution >= 4 is 21.7 Å². The molecule has 0 amide bonds. The maximum Gasteiger partial charge on any atom is 0.335 e. The van der Waals surface area contributed by atoms with Gasteiger partial charge in [-0.05, 0) is 49.1 Å². The number of hydrogen-bond donors (Lipinski definition) is 2. The van der Waals surface area contributed by atoms with Crippen LogP contribution in [0.3, 0.4) is 0 Å². The molecule has 122 valence electrons. The standard InChI is InChI=1S/C17H19NO4S/c1-4-13-7-5-6-12(3)16(13)18-23(21,22)14-9-8-11(2)15(10-14)17(19)20/h5-10,18H,4H2,1-3H3,(H,19,20). The average molecular weight is 333 g/mol. The lowest BCUT2D eigenvalue weighted by Gasteiger charge is -2.15. The molecule has 0 radical (unpaired) electrons. The molecule has 2 aromatic carbocycles. The summed E-state index contributed by atoms with van der Waals surface area (Å²) in [5.41, 5.74) is 2.75. The summed E-state index contributed by atoms with van der Waals surface area (Å²) in [7, 11) is -3.85. The van der Waals surface area contributed by atoms with Gasteiger partial charge >= 0.3 is 5.97 Å². The predicted octanol–water partition coefficient (Wildman–Crippen LogP) is 3.36. The Hall–Kier alpha value is -2.34. The van der Waals surface area contributed by atoms with Crippen LogP contribution < -0.4 is 4.72 Å². The average Bonchev–Trinajstić information content (AvgIpc) is 2.49. The van der Waals surface area contributed by atoms with Crippen LogP contribution in [0, 0.1) is 13.8 Å². The van der Waals surface area contributed by atoms with Crippen molar-refractivity contribution in [1.29, 1.82) is 0 Å². The number of aryl methyl sites for hydroxylation is 3. The zero-order valence-electron chi connectivity index (χ0n) is 13.3. The van der Waals surface area contributed by atoms with Gasteiger partial charge in [0.2, 0.25) is 0 Å². The molecule has 0 unspecified atom stereocenters. The van der Waals surface area contributed by atoms with Gasteiger partial charge in [0.25, 0.3) is 10.0 Å². The number of rotatable bonds is 5. The van der Waals surface area contributed by atoms with Crippen molar-refractivity contribution in [2.75, 3.05) is 4.72 Å². The Morgan fingerprint density at radius 3 is 2.43 bits per heavy atom. The van der Waals surface area contributed by atoms with Crippen LogP contribution in [0.4, 0.5) is 5.69 Å². The highest BCUT2D eigenvalue weighted by Crippen LogP contribution is 2.25. The van der Waals surface area contributed by atoms with Gasteiger partial charge in [0.1, 0.15) is 0 Å². The minimum atomic E-state index is -3.85. The molecule has 0 aliphatic carbocycles. The normalized spacial score (nSPS) is 11.3. The zero-order chi connectivity index (χ0) is 17.2. The van der Waals surface area contributed by atoms with E-state index in [1.54, 1.807) is 6.92 Å². The molecule has 0 bridgehead atoms. The first-order valence-electron chi connectivity index (χ1n) is 7.21. The molecular formula is C17H19NO4S. The number of nitrogens with one attached hydrogen (secondary N) is 1. The SMILES string of the molecule is CCc1cccc(C)c1NS(=O)(=O)c1ccc(C)c(C(=O)O)c1. The molecular weight excluding hydrogens is 314 g/mol.